The van der Waals surface area contributed by atoms with Gasteiger partial charge in [-0.3, -0.25) is 14.0 Å². The highest BCUT2D eigenvalue weighted by molar-refractivity contribution is 7.53. The van der Waals surface area contributed by atoms with E-state index in [1.54, 1.807) is 61.1 Å². The van der Waals surface area contributed by atoms with E-state index in [-0.39, 0.29) is 5.91 Å². The summed E-state index contributed by atoms with van der Waals surface area (Å²) in [7, 11) is -2.54. The predicted octanol–water partition coefficient (Wildman–Crippen LogP) is 5.59. The van der Waals surface area contributed by atoms with Crippen molar-refractivity contribution in [2.75, 3.05) is 5.32 Å². The summed E-state index contributed by atoms with van der Waals surface area (Å²) in [5.41, 5.74) is 3.57. The highest BCUT2D eigenvalue weighted by Crippen LogP contribution is 2.60. The molecule has 0 saturated heterocycles. The number of anilines is 1. The van der Waals surface area contributed by atoms with Crippen LogP contribution in [0, 0.1) is 0 Å². The minimum absolute atomic E-state index is 0.308. The Morgan fingerprint density at radius 3 is 2.42 bits per heavy atom. The number of aromatic nitrogens is 2. The van der Waals surface area contributed by atoms with E-state index in [0.717, 1.165) is 16.8 Å². The van der Waals surface area contributed by atoms with Gasteiger partial charge in [-0.25, -0.2) is 0 Å². The molecular formula is C24H27ClN3O4P. The Bertz CT molecular complexity index is 1210. The topological polar surface area (TPSA) is 104 Å². The number of hydrogen-bond donors (Lipinski definition) is 3. The monoisotopic (exact) mass is 487 g/mol. The maximum atomic E-state index is 12.5. The Hall–Kier alpha value is -2.70. The molecule has 1 heterocycles. The van der Waals surface area contributed by atoms with Gasteiger partial charge in [0.1, 0.15) is 0 Å². The van der Waals surface area contributed by atoms with Gasteiger partial charge < -0.3 is 15.1 Å². The van der Waals surface area contributed by atoms with Crippen LogP contribution in [0.4, 0.5) is 5.69 Å². The first-order valence-corrected chi connectivity index (χ1v) is 12.5. The molecule has 3 aromatic rings. The SMILES string of the molecule is CCC(CC)(c1ccc(NC(=O)C=Cc2cnn(C)c2-c2cccc(Cl)c2)cc1)P(=O)(O)O. The van der Waals surface area contributed by atoms with Gasteiger partial charge in [-0.2, -0.15) is 5.10 Å². The third-order valence-electron chi connectivity index (χ3n) is 5.90. The molecule has 0 fully saturated rings. The van der Waals surface area contributed by atoms with E-state index in [1.807, 2.05) is 25.2 Å². The number of hydrogen-bond acceptors (Lipinski definition) is 3. The fraction of sp³-hybridized carbons (Fsp3) is 0.250. The second-order valence-corrected chi connectivity index (χ2v) is 10.1. The van der Waals surface area contributed by atoms with Crippen molar-refractivity contribution in [3.05, 3.63) is 77.0 Å². The van der Waals surface area contributed by atoms with Crippen LogP contribution in [0.2, 0.25) is 5.02 Å². The van der Waals surface area contributed by atoms with Gasteiger partial charge in [0.2, 0.25) is 5.91 Å². The van der Waals surface area contributed by atoms with Crippen molar-refractivity contribution in [2.45, 2.75) is 31.8 Å². The summed E-state index contributed by atoms with van der Waals surface area (Å²) in [6.07, 6.45) is 5.38. The van der Waals surface area contributed by atoms with Crippen molar-refractivity contribution < 1.29 is 19.1 Å². The first-order valence-electron chi connectivity index (χ1n) is 10.5. The summed E-state index contributed by atoms with van der Waals surface area (Å²) in [5.74, 6) is -0.337. The van der Waals surface area contributed by atoms with Crippen molar-refractivity contribution >= 4 is 36.9 Å². The molecule has 2 aromatic carbocycles. The van der Waals surface area contributed by atoms with E-state index in [9.17, 15) is 19.1 Å². The molecule has 9 heteroatoms. The van der Waals surface area contributed by atoms with Crippen molar-refractivity contribution in [2.24, 2.45) is 7.05 Å². The number of benzene rings is 2. The predicted molar refractivity (Wildman–Crippen MR) is 132 cm³/mol. The van der Waals surface area contributed by atoms with Crippen LogP contribution in [0.1, 0.15) is 37.8 Å². The Balaban J connectivity index is 1.77. The minimum Gasteiger partial charge on any atom is -0.324 e. The molecule has 1 aromatic heterocycles. The van der Waals surface area contributed by atoms with Gasteiger partial charge in [0.15, 0.2) is 0 Å². The maximum absolute atomic E-state index is 12.5. The van der Waals surface area contributed by atoms with Crippen LogP contribution in [0.15, 0.2) is 60.8 Å². The third kappa shape index (κ3) is 5.28. The van der Waals surface area contributed by atoms with E-state index in [4.69, 9.17) is 11.6 Å². The number of rotatable bonds is 8. The van der Waals surface area contributed by atoms with E-state index in [1.165, 1.54) is 6.08 Å². The molecule has 0 spiro atoms. The molecule has 174 valence electrons. The second kappa shape index (κ2) is 10.1. The Morgan fingerprint density at radius 2 is 1.85 bits per heavy atom. The van der Waals surface area contributed by atoms with E-state index >= 15 is 0 Å². The average Bonchev–Trinajstić information content (AvgIpc) is 3.14. The Morgan fingerprint density at radius 1 is 1.18 bits per heavy atom. The number of amides is 1. The zero-order valence-electron chi connectivity index (χ0n) is 18.7. The minimum atomic E-state index is -4.36. The number of halogens is 1. The number of aryl methyl sites for hydroxylation is 1. The zero-order chi connectivity index (χ0) is 24.2. The summed E-state index contributed by atoms with van der Waals surface area (Å²) < 4.78 is 13.9. The molecule has 0 aliphatic carbocycles. The van der Waals surface area contributed by atoms with Crippen LogP contribution in [0.3, 0.4) is 0 Å². The van der Waals surface area contributed by atoms with Gasteiger partial charge in [0.05, 0.1) is 17.0 Å². The molecule has 33 heavy (non-hydrogen) atoms. The van der Waals surface area contributed by atoms with Gasteiger partial charge in [0, 0.05) is 35.0 Å². The first-order chi connectivity index (χ1) is 15.6. The maximum Gasteiger partial charge on any atom is 0.335 e. The van der Waals surface area contributed by atoms with Crippen molar-refractivity contribution in [3.63, 3.8) is 0 Å². The quantitative estimate of drug-likeness (QED) is 0.284. The average molecular weight is 488 g/mol. The molecule has 0 radical (unpaired) electrons. The molecule has 3 rings (SSSR count). The van der Waals surface area contributed by atoms with Crippen LogP contribution >= 0.6 is 19.2 Å². The van der Waals surface area contributed by atoms with Crippen molar-refractivity contribution in [1.82, 2.24) is 9.78 Å². The smallest absolute Gasteiger partial charge is 0.324 e. The van der Waals surface area contributed by atoms with Gasteiger partial charge in [-0.15, -0.1) is 0 Å². The number of carbonyl (C=O) groups excluding carboxylic acids is 1. The summed E-state index contributed by atoms with van der Waals surface area (Å²) >= 11 is 6.11. The lowest BCUT2D eigenvalue weighted by Crippen LogP contribution is -2.24. The molecule has 7 nitrogen and oxygen atoms in total. The molecule has 0 atom stereocenters. The number of nitrogens with zero attached hydrogens (tertiary/aromatic N) is 2. The third-order valence-corrected chi connectivity index (χ3v) is 8.14. The molecule has 0 saturated carbocycles. The largest absolute Gasteiger partial charge is 0.335 e. The molecule has 0 aliphatic rings. The normalized spacial score (nSPS) is 12.3. The van der Waals surface area contributed by atoms with Crippen molar-refractivity contribution in [3.8, 4) is 11.3 Å². The second-order valence-electron chi connectivity index (χ2n) is 7.77. The molecule has 0 bridgehead atoms. The Labute approximate surface area is 198 Å². The molecule has 1 amide bonds. The lowest BCUT2D eigenvalue weighted by molar-refractivity contribution is -0.111. The highest BCUT2D eigenvalue weighted by Gasteiger charge is 2.45. The van der Waals surface area contributed by atoms with Gasteiger partial charge >= 0.3 is 7.60 Å². The van der Waals surface area contributed by atoms with Gasteiger partial charge in [-0.05, 0) is 48.7 Å². The van der Waals surface area contributed by atoms with Gasteiger partial charge in [0.25, 0.3) is 0 Å². The molecule has 0 aliphatic heterocycles. The number of nitrogens with one attached hydrogen (secondary N) is 1. The van der Waals surface area contributed by atoms with Crippen molar-refractivity contribution in [1.29, 1.82) is 0 Å². The van der Waals surface area contributed by atoms with Crippen LogP contribution in [0.25, 0.3) is 17.3 Å². The lowest BCUT2D eigenvalue weighted by Gasteiger charge is -2.33. The molecule has 3 N–H and O–H groups in total. The fourth-order valence-electron chi connectivity index (χ4n) is 4.02. The molecule has 0 unspecified atom stereocenters. The Kier molecular flexibility index (Phi) is 7.60. The van der Waals surface area contributed by atoms with Crippen LogP contribution in [-0.4, -0.2) is 25.5 Å². The van der Waals surface area contributed by atoms with Crippen LogP contribution in [-0.2, 0) is 21.6 Å². The van der Waals surface area contributed by atoms with E-state index in [2.05, 4.69) is 10.4 Å². The summed E-state index contributed by atoms with van der Waals surface area (Å²) in [5, 5.41) is 6.43. The van der Waals surface area contributed by atoms with E-state index in [0.29, 0.717) is 29.1 Å². The summed E-state index contributed by atoms with van der Waals surface area (Å²) in [6.45, 7) is 3.53. The summed E-state index contributed by atoms with van der Waals surface area (Å²) in [4.78, 5) is 32.3. The standard InChI is InChI=1S/C24H27ClN3O4P/c1-4-24(5-2,33(30,31)32)19-10-12-21(13-11-19)27-22(29)14-9-18-16-26-28(3)23(18)17-7-6-8-20(25)15-17/h6-16H,4-5H2,1-3H3,(H,27,29)(H2,30,31,32). The lowest BCUT2D eigenvalue weighted by atomic mass is 9.92. The van der Waals surface area contributed by atoms with E-state index < -0.39 is 12.8 Å². The fourth-order valence-corrected chi connectivity index (χ4v) is 5.52. The van der Waals surface area contributed by atoms with Crippen LogP contribution < -0.4 is 5.32 Å². The molecular weight excluding hydrogens is 461 g/mol. The summed E-state index contributed by atoms with van der Waals surface area (Å²) in [6, 6.07) is 14.0. The number of carbonyl (C=O) groups is 1. The first kappa shape index (κ1) is 24.9. The van der Waals surface area contributed by atoms with Crippen LogP contribution in [0.5, 0.6) is 0 Å². The zero-order valence-corrected chi connectivity index (χ0v) is 20.3. The highest BCUT2D eigenvalue weighted by atomic mass is 35.5. The van der Waals surface area contributed by atoms with Gasteiger partial charge in [-0.1, -0.05) is 49.7 Å².